The maximum absolute atomic E-state index is 12.0. The molecule has 3 heteroatoms. The van der Waals surface area contributed by atoms with Crippen molar-refractivity contribution >= 4 is 11.8 Å². The molecule has 102 valence electrons. The van der Waals surface area contributed by atoms with Gasteiger partial charge in [0, 0.05) is 0 Å². The van der Waals surface area contributed by atoms with E-state index in [1.807, 2.05) is 13.0 Å². The van der Waals surface area contributed by atoms with Gasteiger partial charge in [-0.3, -0.25) is 9.59 Å². The second-order valence-corrected chi connectivity index (χ2v) is 5.06. The molecule has 0 bridgehead atoms. The summed E-state index contributed by atoms with van der Waals surface area (Å²) in [6, 6.07) is 0. The fraction of sp³-hybridized carbons (Fsp3) is 0.375. The molecule has 19 heavy (non-hydrogen) atoms. The molecule has 2 atom stereocenters. The lowest BCUT2D eigenvalue weighted by atomic mass is 9.79. The SMILES string of the molecule is C=CCOC(=O)C1(C)/C=C\C=C/C(C)(C(C)=O)/C=C\1. The molecule has 0 aliphatic heterocycles. The normalized spacial score (nSPS) is 34.5. The summed E-state index contributed by atoms with van der Waals surface area (Å²) in [5.41, 5.74) is -1.56. The van der Waals surface area contributed by atoms with E-state index in [4.69, 9.17) is 4.74 Å². The van der Waals surface area contributed by atoms with E-state index in [1.165, 1.54) is 13.0 Å². The molecule has 1 aliphatic rings. The Morgan fingerprint density at radius 1 is 1.11 bits per heavy atom. The quantitative estimate of drug-likeness (QED) is 0.576. The van der Waals surface area contributed by atoms with Crippen LogP contribution in [0.3, 0.4) is 0 Å². The number of rotatable bonds is 4. The van der Waals surface area contributed by atoms with Crippen molar-refractivity contribution in [3.63, 3.8) is 0 Å². The van der Waals surface area contributed by atoms with Crippen molar-refractivity contribution in [3.05, 3.63) is 49.1 Å². The van der Waals surface area contributed by atoms with Gasteiger partial charge in [0.05, 0.1) is 5.41 Å². The van der Waals surface area contributed by atoms with Gasteiger partial charge in [-0.25, -0.2) is 0 Å². The number of carbonyl (C=O) groups excluding carboxylic acids is 2. The van der Waals surface area contributed by atoms with Crippen LogP contribution in [0.25, 0.3) is 0 Å². The fourth-order valence-electron chi connectivity index (χ4n) is 1.63. The van der Waals surface area contributed by atoms with Crippen LogP contribution in [0.4, 0.5) is 0 Å². The summed E-state index contributed by atoms with van der Waals surface area (Å²) in [6.07, 6.45) is 12.1. The van der Waals surface area contributed by atoms with Crippen LogP contribution < -0.4 is 0 Å². The number of allylic oxidation sites excluding steroid dienone is 4. The Morgan fingerprint density at radius 3 is 2.16 bits per heavy atom. The highest BCUT2D eigenvalue weighted by molar-refractivity contribution is 5.87. The minimum Gasteiger partial charge on any atom is -0.461 e. The number of esters is 1. The lowest BCUT2D eigenvalue weighted by molar-refractivity contribution is -0.148. The van der Waals surface area contributed by atoms with Crippen molar-refractivity contribution in [2.45, 2.75) is 20.8 Å². The number of ketones is 1. The molecule has 0 aromatic carbocycles. The lowest BCUT2D eigenvalue weighted by Crippen LogP contribution is -2.28. The van der Waals surface area contributed by atoms with Gasteiger partial charge in [-0.15, -0.1) is 0 Å². The Labute approximate surface area is 114 Å². The predicted molar refractivity (Wildman–Crippen MR) is 75.5 cm³/mol. The standard InChI is InChI=1S/C16H20O3/c1-5-12-19-14(18)16(4)9-7-6-8-15(3,10-11-16)13(2)17/h5-11H,1,12H2,2-4H3/b8-6-,9-7-,11-10-. The van der Waals surface area contributed by atoms with Crippen molar-refractivity contribution in [1.29, 1.82) is 0 Å². The van der Waals surface area contributed by atoms with Gasteiger partial charge in [0.2, 0.25) is 0 Å². The van der Waals surface area contributed by atoms with Gasteiger partial charge >= 0.3 is 5.97 Å². The average molecular weight is 260 g/mol. The minimum atomic E-state index is -0.871. The number of Topliss-reactive ketones (excluding diaryl/α,β-unsaturated/α-hetero) is 1. The molecule has 1 aliphatic carbocycles. The van der Waals surface area contributed by atoms with Crippen molar-refractivity contribution < 1.29 is 14.3 Å². The molecule has 3 nitrogen and oxygen atoms in total. The van der Waals surface area contributed by atoms with Crippen LogP contribution in [0, 0.1) is 10.8 Å². The first kappa shape index (κ1) is 15.2. The second kappa shape index (κ2) is 5.83. The first-order valence-corrected chi connectivity index (χ1v) is 6.21. The molecule has 1 rings (SSSR count). The fourth-order valence-corrected chi connectivity index (χ4v) is 1.63. The largest absolute Gasteiger partial charge is 0.461 e. The van der Waals surface area contributed by atoms with E-state index < -0.39 is 10.8 Å². The molecular weight excluding hydrogens is 240 g/mol. The molecule has 0 spiro atoms. The average Bonchev–Trinajstić information content (AvgIpc) is 2.36. The summed E-state index contributed by atoms with van der Waals surface area (Å²) in [5.74, 6) is -0.335. The van der Waals surface area contributed by atoms with Crippen LogP contribution in [0.1, 0.15) is 20.8 Å². The first-order valence-electron chi connectivity index (χ1n) is 6.21. The van der Waals surface area contributed by atoms with Gasteiger partial charge in [0.15, 0.2) is 0 Å². The number of carbonyl (C=O) groups is 2. The summed E-state index contributed by atoms with van der Waals surface area (Å²) in [5, 5.41) is 0. The maximum atomic E-state index is 12.0. The van der Waals surface area contributed by atoms with E-state index in [0.29, 0.717) is 0 Å². The zero-order chi connectivity index (χ0) is 14.5. The van der Waals surface area contributed by atoms with E-state index in [1.54, 1.807) is 37.3 Å². The topological polar surface area (TPSA) is 43.4 Å². The molecule has 0 saturated carbocycles. The van der Waals surface area contributed by atoms with Gasteiger partial charge in [-0.2, -0.15) is 0 Å². The van der Waals surface area contributed by atoms with Crippen LogP contribution in [0.2, 0.25) is 0 Å². The Kier molecular flexibility index (Phi) is 4.65. The minimum absolute atomic E-state index is 0.0251. The summed E-state index contributed by atoms with van der Waals surface area (Å²) < 4.78 is 5.09. The highest BCUT2D eigenvalue weighted by Gasteiger charge is 2.32. The maximum Gasteiger partial charge on any atom is 0.319 e. The summed E-state index contributed by atoms with van der Waals surface area (Å²) in [7, 11) is 0. The predicted octanol–water partition coefficient (Wildman–Crippen LogP) is 3.00. The van der Waals surface area contributed by atoms with Gasteiger partial charge in [0.25, 0.3) is 0 Å². The second-order valence-electron chi connectivity index (χ2n) is 5.06. The Hall–Kier alpha value is -1.90. The molecule has 0 aromatic rings. The number of ether oxygens (including phenoxy) is 1. The molecule has 0 aromatic heterocycles. The van der Waals surface area contributed by atoms with Crippen LogP contribution in [-0.4, -0.2) is 18.4 Å². The Bertz CT molecular complexity index is 470. The molecule has 0 amide bonds. The first-order chi connectivity index (χ1) is 8.84. The molecule has 0 N–H and O–H groups in total. The van der Waals surface area contributed by atoms with E-state index in [9.17, 15) is 9.59 Å². The zero-order valence-electron chi connectivity index (χ0n) is 11.7. The summed E-state index contributed by atoms with van der Waals surface area (Å²) in [4.78, 5) is 23.7. The third-order valence-corrected chi connectivity index (χ3v) is 3.30. The highest BCUT2D eigenvalue weighted by atomic mass is 16.5. The zero-order valence-corrected chi connectivity index (χ0v) is 11.7. The number of hydrogen-bond donors (Lipinski definition) is 0. The molecule has 0 radical (unpaired) electrons. The van der Waals surface area contributed by atoms with Gasteiger partial charge in [0.1, 0.15) is 17.8 Å². The third kappa shape index (κ3) is 3.53. The van der Waals surface area contributed by atoms with Crippen molar-refractivity contribution in [2.24, 2.45) is 10.8 Å². The van der Waals surface area contributed by atoms with Crippen LogP contribution in [0.5, 0.6) is 0 Å². The van der Waals surface area contributed by atoms with E-state index in [2.05, 4.69) is 6.58 Å². The van der Waals surface area contributed by atoms with Gasteiger partial charge < -0.3 is 4.74 Å². The highest BCUT2D eigenvalue weighted by Crippen LogP contribution is 2.30. The summed E-state index contributed by atoms with van der Waals surface area (Å²) >= 11 is 0. The van der Waals surface area contributed by atoms with E-state index >= 15 is 0 Å². The van der Waals surface area contributed by atoms with Crippen molar-refractivity contribution in [1.82, 2.24) is 0 Å². The van der Waals surface area contributed by atoms with Crippen LogP contribution in [0.15, 0.2) is 49.1 Å². The molecule has 0 saturated heterocycles. The van der Waals surface area contributed by atoms with Crippen LogP contribution >= 0.6 is 0 Å². The molecular formula is C16H20O3. The smallest absolute Gasteiger partial charge is 0.319 e. The molecule has 0 heterocycles. The lowest BCUT2D eigenvalue weighted by Gasteiger charge is -2.25. The monoisotopic (exact) mass is 260 g/mol. The van der Waals surface area contributed by atoms with Crippen molar-refractivity contribution in [3.8, 4) is 0 Å². The molecule has 0 fully saturated rings. The van der Waals surface area contributed by atoms with Crippen LogP contribution in [-0.2, 0) is 14.3 Å². The van der Waals surface area contributed by atoms with Gasteiger partial charge in [-0.1, -0.05) is 49.1 Å². The third-order valence-electron chi connectivity index (χ3n) is 3.30. The van der Waals surface area contributed by atoms with Gasteiger partial charge in [-0.05, 0) is 20.8 Å². The van der Waals surface area contributed by atoms with Crippen molar-refractivity contribution in [2.75, 3.05) is 6.61 Å². The Morgan fingerprint density at radius 2 is 1.63 bits per heavy atom. The Balaban J connectivity index is 3.07. The number of hydrogen-bond acceptors (Lipinski definition) is 3. The summed E-state index contributed by atoms with van der Waals surface area (Å²) in [6.45, 7) is 8.79. The van der Waals surface area contributed by atoms with E-state index in [0.717, 1.165) is 0 Å². The molecule has 2 unspecified atom stereocenters. The van der Waals surface area contributed by atoms with E-state index in [-0.39, 0.29) is 18.4 Å².